The van der Waals surface area contributed by atoms with E-state index in [9.17, 15) is 9.59 Å². The van der Waals surface area contributed by atoms with Crippen molar-refractivity contribution in [2.75, 3.05) is 23.0 Å². The Morgan fingerprint density at radius 3 is 2.82 bits per heavy atom. The van der Waals surface area contributed by atoms with Crippen molar-refractivity contribution in [3.05, 3.63) is 77.0 Å². The van der Waals surface area contributed by atoms with Crippen molar-refractivity contribution in [2.45, 2.75) is 25.4 Å². The van der Waals surface area contributed by atoms with Gasteiger partial charge in [0.1, 0.15) is 0 Å². The van der Waals surface area contributed by atoms with Crippen LogP contribution >= 0.6 is 11.6 Å². The monoisotopic (exact) mass is 464 g/mol. The van der Waals surface area contributed by atoms with Gasteiger partial charge in [0.05, 0.1) is 10.6 Å². The fourth-order valence-corrected chi connectivity index (χ4v) is 4.07. The average Bonchev–Trinajstić information content (AvgIpc) is 3.30. The summed E-state index contributed by atoms with van der Waals surface area (Å²) in [5.74, 6) is 0.0276. The van der Waals surface area contributed by atoms with Crippen LogP contribution in [0.4, 0.5) is 17.1 Å². The molecule has 0 saturated carbocycles. The molecular formula is C24H25ClN6O2. The summed E-state index contributed by atoms with van der Waals surface area (Å²) < 4.78 is 0. The van der Waals surface area contributed by atoms with E-state index in [0.29, 0.717) is 27.9 Å². The third-order valence-electron chi connectivity index (χ3n) is 5.48. The van der Waals surface area contributed by atoms with Gasteiger partial charge in [0.15, 0.2) is 6.17 Å². The Morgan fingerprint density at radius 2 is 2.03 bits per heavy atom. The van der Waals surface area contributed by atoms with E-state index in [2.05, 4.69) is 38.2 Å². The normalized spacial score (nSPS) is 16.5. The van der Waals surface area contributed by atoms with Gasteiger partial charge in [-0.3, -0.25) is 9.59 Å². The maximum absolute atomic E-state index is 12.2. The Morgan fingerprint density at radius 1 is 1.21 bits per heavy atom. The molecule has 0 spiro atoms. The second kappa shape index (κ2) is 9.79. The van der Waals surface area contributed by atoms with Crippen LogP contribution in [0.3, 0.4) is 0 Å². The van der Waals surface area contributed by atoms with Gasteiger partial charge in [-0.25, -0.2) is 4.99 Å². The lowest BCUT2D eigenvalue weighted by molar-refractivity contribution is -0.111. The molecule has 4 rings (SSSR count). The van der Waals surface area contributed by atoms with Gasteiger partial charge in [-0.15, -0.1) is 0 Å². The van der Waals surface area contributed by atoms with Gasteiger partial charge in [0.2, 0.25) is 11.9 Å². The number of amides is 2. The Bertz CT molecular complexity index is 1170. The summed E-state index contributed by atoms with van der Waals surface area (Å²) in [7, 11) is 1.58. The number of rotatable bonds is 6. The number of para-hydroxylation sites is 1. The number of hydrogen-bond acceptors (Lipinski definition) is 6. The number of aryl methyl sites for hydroxylation is 1. The number of aliphatic imine (C=N–C) groups is 1. The Balaban J connectivity index is 1.59. The van der Waals surface area contributed by atoms with Crippen molar-refractivity contribution in [3.8, 4) is 0 Å². The number of benzene rings is 2. The lowest BCUT2D eigenvalue weighted by Gasteiger charge is -2.24. The number of anilines is 3. The first-order chi connectivity index (χ1) is 16.0. The van der Waals surface area contributed by atoms with Crippen LogP contribution in [0.15, 0.2) is 65.3 Å². The molecule has 0 aromatic heterocycles. The zero-order valence-electron chi connectivity index (χ0n) is 18.2. The number of halogens is 1. The first-order valence-corrected chi connectivity index (χ1v) is 11.0. The lowest BCUT2D eigenvalue weighted by atomic mass is 10.1. The second-order valence-corrected chi connectivity index (χ2v) is 8.09. The highest BCUT2D eigenvalue weighted by Gasteiger charge is 2.22. The summed E-state index contributed by atoms with van der Waals surface area (Å²) in [6.45, 7) is 3.51. The standard InChI is InChI=1S/C24H25ClN6O2/c1-3-21(32)28-15-11-14-7-6-9-16(14)20(12-15)30-24-27-13-18(25)22(31-24)29-19-10-5-4-8-17(19)23(33)26-2/h3-5,8,10-13,22,29H,1,6-7,9H2,2H3,(H,26,33)(H,28,32)(H2,27,30,31). The molecule has 1 unspecified atom stereocenters. The third-order valence-corrected chi connectivity index (χ3v) is 5.79. The first kappa shape index (κ1) is 22.4. The van der Waals surface area contributed by atoms with Gasteiger partial charge >= 0.3 is 0 Å². The second-order valence-electron chi connectivity index (χ2n) is 7.66. The fraction of sp³-hybridized carbons (Fsp3) is 0.208. The van der Waals surface area contributed by atoms with Crippen LogP contribution in [0.25, 0.3) is 0 Å². The highest BCUT2D eigenvalue weighted by Crippen LogP contribution is 2.33. The summed E-state index contributed by atoms with van der Waals surface area (Å²) in [4.78, 5) is 28.7. The van der Waals surface area contributed by atoms with Gasteiger partial charge in [-0.05, 0) is 60.7 Å². The van der Waals surface area contributed by atoms with E-state index < -0.39 is 6.17 Å². The highest BCUT2D eigenvalue weighted by atomic mass is 35.5. The molecule has 2 aromatic carbocycles. The van der Waals surface area contributed by atoms with Gasteiger partial charge in [-0.1, -0.05) is 30.3 Å². The molecule has 1 atom stereocenters. The molecule has 0 radical (unpaired) electrons. The summed E-state index contributed by atoms with van der Waals surface area (Å²) in [6, 6.07) is 11.1. The van der Waals surface area contributed by atoms with Crippen molar-refractivity contribution < 1.29 is 9.59 Å². The van der Waals surface area contributed by atoms with Crippen LogP contribution in [0.2, 0.25) is 0 Å². The van der Waals surface area contributed by atoms with Crippen LogP contribution in [0, 0.1) is 0 Å². The molecule has 5 N–H and O–H groups in total. The topological polar surface area (TPSA) is 107 Å². The molecule has 1 heterocycles. The molecule has 2 amide bonds. The Labute approximate surface area is 197 Å². The summed E-state index contributed by atoms with van der Waals surface area (Å²) in [5, 5.41) is 15.5. The van der Waals surface area contributed by atoms with Gasteiger partial charge in [0.25, 0.3) is 5.91 Å². The van der Waals surface area contributed by atoms with Crippen LogP contribution in [-0.2, 0) is 17.6 Å². The average molecular weight is 465 g/mol. The third kappa shape index (κ3) is 5.01. The summed E-state index contributed by atoms with van der Waals surface area (Å²) in [6.07, 6.45) is 5.26. The van der Waals surface area contributed by atoms with E-state index in [1.165, 1.54) is 17.2 Å². The van der Waals surface area contributed by atoms with E-state index >= 15 is 0 Å². The first-order valence-electron chi connectivity index (χ1n) is 10.6. The smallest absolute Gasteiger partial charge is 0.253 e. The molecule has 0 saturated heterocycles. The van der Waals surface area contributed by atoms with E-state index in [-0.39, 0.29) is 11.8 Å². The molecule has 1 aliphatic carbocycles. The van der Waals surface area contributed by atoms with E-state index in [4.69, 9.17) is 11.6 Å². The predicted octanol–water partition coefficient (Wildman–Crippen LogP) is 3.55. The zero-order valence-corrected chi connectivity index (χ0v) is 18.9. The molecule has 0 bridgehead atoms. The van der Waals surface area contributed by atoms with Crippen LogP contribution < -0.4 is 26.6 Å². The van der Waals surface area contributed by atoms with Crippen LogP contribution in [0.1, 0.15) is 27.9 Å². The number of guanidine groups is 1. The molecule has 2 aliphatic rings. The summed E-state index contributed by atoms with van der Waals surface area (Å²) in [5.41, 5.74) is 5.07. The number of hydrogen-bond donors (Lipinski definition) is 5. The number of nitrogens with one attached hydrogen (secondary N) is 5. The maximum Gasteiger partial charge on any atom is 0.253 e. The Hall–Kier alpha value is -3.78. The van der Waals surface area contributed by atoms with Crippen molar-refractivity contribution >= 4 is 46.4 Å². The van der Waals surface area contributed by atoms with Crippen molar-refractivity contribution in [1.82, 2.24) is 10.6 Å². The molecule has 2 aromatic rings. The molecule has 33 heavy (non-hydrogen) atoms. The summed E-state index contributed by atoms with van der Waals surface area (Å²) >= 11 is 6.40. The molecule has 170 valence electrons. The Kier molecular flexibility index (Phi) is 6.65. The minimum Gasteiger partial charge on any atom is -0.359 e. The molecule has 1 aliphatic heterocycles. The van der Waals surface area contributed by atoms with Crippen molar-refractivity contribution in [1.29, 1.82) is 0 Å². The number of carbonyl (C=O) groups excluding carboxylic acids is 2. The van der Waals surface area contributed by atoms with Crippen LogP contribution in [0.5, 0.6) is 0 Å². The van der Waals surface area contributed by atoms with Gasteiger partial charge in [-0.2, -0.15) is 0 Å². The van der Waals surface area contributed by atoms with E-state index in [1.54, 1.807) is 31.4 Å². The lowest BCUT2D eigenvalue weighted by Crippen LogP contribution is -2.36. The number of fused-ring (bicyclic) bond motifs is 1. The van der Waals surface area contributed by atoms with E-state index in [0.717, 1.165) is 24.9 Å². The largest absolute Gasteiger partial charge is 0.359 e. The minimum atomic E-state index is -0.585. The zero-order chi connectivity index (χ0) is 23.4. The highest BCUT2D eigenvalue weighted by molar-refractivity contribution is 6.31. The van der Waals surface area contributed by atoms with Crippen LogP contribution in [-0.4, -0.2) is 31.0 Å². The molecular weight excluding hydrogens is 440 g/mol. The number of nitrogens with zero attached hydrogens (tertiary/aromatic N) is 1. The molecule has 0 fully saturated rings. The maximum atomic E-state index is 12.2. The quantitative estimate of drug-likeness (QED) is 0.420. The van der Waals surface area contributed by atoms with Crippen molar-refractivity contribution in [3.63, 3.8) is 0 Å². The van der Waals surface area contributed by atoms with Gasteiger partial charge < -0.3 is 26.6 Å². The minimum absolute atomic E-state index is 0.205. The number of carbonyl (C=O) groups is 2. The van der Waals surface area contributed by atoms with Crippen molar-refractivity contribution in [2.24, 2.45) is 4.99 Å². The molecule has 9 heteroatoms. The van der Waals surface area contributed by atoms with Gasteiger partial charge in [0, 0.05) is 30.3 Å². The SMILES string of the molecule is C=CC(=O)Nc1cc2c(c(NC3=NC(Nc4ccccc4C(=O)NC)C(Cl)=CN3)c1)CCC2. The molecule has 8 nitrogen and oxygen atoms in total. The predicted molar refractivity (Wildman–Crippen MR) is 133 cm³/mol. The van der Waals surface area contributed by atoms with E-state index in [1.807, 2.05) is 18.2 Å². The fourth-order valence-electron chi connectivity index (χ4n) is 3.91.